The molecule has 0 amide bonds. The Morgan fingerprint density at radius 2 is 2.18 bits per heavy atom. The maximum atomic E-state index is 13.9. The molecule has 0 saturated heterocycles. The largest absolute Gasteiger partial charge is 0.371 e. The van der Waals surface area contributed by atoms with E-state index < -0.39 is 0 Å². The van der Waals surface area contributed by atoms with Crippen LogP contribution in [0.2, 0.25) is 0 Å². The van der Waals surface area contributed by atoms with Gasteiger partial charge in [-0.1, -0.05) is 12.1 Å². The number of nitrogens with zero attached hydrogens (tertiary/aromatic N) is 1. The van der Waals surface area contributed by atoms with Crippen LogP contribution in [0.15, 0.2) is 18.2 Å². The van der Waals surface area contributed by atoms with Crippen LogP contribution >= 0.6 is 11.8 Å². The molecule has 0 aliphatic rings. The predicted molar refractivity (Wildman–Crippen MR) is 75.4 cm³/mol. The van der Waals surface area contributed by atoms with E-state index in [1.54, 1.807) is 17.8 Å². The average molecular weight is 256 g/mol. The number of para-hydroxylation sites is 1. The van der Waals surface area contributed by atoms with Crippen LogP contribution in [0.4, 0.5) is 10.1 Å². The number of benzene rings is 1. The first-order chi connectivity index (χ1) is 8.06. The molecule has 0 fully saturated rings. The highest BCUT2D eigenvalue weighted by molar-refractivity contribution is 7.98. The van der Waals surface area contributed by atoms with Gasteiger partial charge in [0.05, 0.1) is 5.69 Å². The first-order valence-electron chi connectivity index (χ1n) is 5.79. The quantitative estimate of drug-likeness (QED) is 0.848. The summed E-state index contributed by atoms with van der Waals surface area (Å²) in [4.78, 5) is 1.98. The molecule has 0 aliphatic heterocycles. The lowest BCUT2D eigenvalue weighted by molar-refractivity contribution is 0.618. The number of anilines is 1. The van der Waals surface area contributed by atoms with E-state index in [9.17, 15) is 4.39 Å². The van der Waals surface area contributed by atoms with Gasteiger partial charge >= 0.3 is 0 Å². The molecule has 0 bridgehead atoms. The van der Waals surface area contributed by atoms with Crippen molar-refractivity contribution in [1.29, 1.82) is 0 Å². The molecular weight excluding hydrogens is 235 g/mol. The molecule has 1 aromatic rings. The first-order valence-corrected chi connectivity index (χ1v) is 7.18. The van der Waals surface area contributed by atoms with Crippen LogP contribution in [0.3, 0.4) is 0 Å². The fourth-order valence-electron chi connectivity index (χ4n) is 1.84. The van der Waals surface area contributed by atoms with Crippen molar-refractivity contribution in [2.45, 2.75) is 19.4 Å². The smallest absolute Gasteiger partial charge is 0.146 e. The molecule has 0 saturated carbocycles. The SMILES string of the molecule is CSCCN(C)c1c(F)cccc1CC(C)N. The lowest BCUT2D eigenvalue weighted by Gasteiger charge is -2.23. The van der Waals surface area contributed by atoms with Crippen molar-refractivity contribution in [3.8, 4) is 0 Å². The van der Waals surface area contributed by atoms with E-state index in [1.165, 1.54) is 6.07 Å². The zero-order chi connectivity index (χ0) is 12.8. The maximum Gasteiger partial charge on any atom is 0.146 e. The van der Waals surface area contributed by atoms with Crippen molar-refractivity contribution in [3.05, 3.63) is 29.6 Å². The van der Waals surface area contributed by atoms with E-state index in [2.05, 4.69) is 6.26 Å². The monoisotopic (exact) mass is 256 g/mol. The van der Waals surface area contributed by atoms with Crippen LogP contribution < -0.4 is 10.6 Å². The Labute approximate surface area is 107 Å². The summed E-state index contributed by atoms with van der Waals surface area (Å²) in [6.07, 6.45) is 2.76. The van der Waals surface area contributed by atoms with Crippen LogP contribution in [-0.4, -0.2) is 31.6 Å². The van der Waals surface area contributed by atoms with Gasteiger partial charge in [0.15, 0.2) is 0 Å². The van der Waals surface area contributed by atoms with Gasteiger partial charge in [-0.3, -0.25) is 0 Å². The highest BCUT2D eigenvalue weighted by Crippen LogP contribution is 2.24. The van der Waals surface area contributed by atoms with Crippen LogP contribution in [0, 0.1) is 5.82 Å². The molecule has 17 heavy (non-hydrogen) atoms. The number of hydrogen-bond acceptors (Lipinski definition) is 3. The second-order valence-corrected chi connectivity index (χ2v) is 5.33. The lowest BCUT2D eigenvalue weighted by atomic mass is 10.0. The number of halogens is 1. The molecule has 2 N–H and O–H groups in total. The summed E-state index contributed by atoms with van der Waals surface area (Å²) in [6, 6.07) is 5.26. The van der Waals surface area contributed by atoms with E-state index >= 15 is 0 Å². The summed E-state index contributed by atoms with van der Waals surface area (Å²) < 4.78 is 13.9. The lowest BCUT2D eigenvalue weighted by Crippen LogP contribution is -2.25. The third kappa shape index (κ3) is 4.21. The Hall–Kier alpha value is -0.740. The minimum Gasteiger partial charge on any atom is -0.371 e. The molecule has 1 aromatic carbocycles. The average Bonchev–Trinajstić information content (AvgIpc) is 2.25. The predicted octanol–water partition coefficient (Wildman–Crippen LogP) is 2.51. The third-order valence-electron chi connectivity index (χ3n) is 2.62. The second-order valence-electron chi connectivity index (χ2n) is 4.34. The fraction of sp³-hybridized carbons (Fsp3) is 0.538. The molecule has 0 aromatic heterocycles. The Bertz CT molecular complexity index is 355. The van der Waals surface area contributed by atoms with Crippen LogP contribution in [-0.2, 0) is 6.42 Å². The number of thioether (sulfide) groups is 1. The van der Waals surface area contributed by atoms with Gasteiger partial charge in [0.25, 0.3) is 0 Å². The highest BCUT2D eigenvalue weighted by Gasteiger charge is 2.13. The van der Waals surface area contributed by atoms with Gasteiger partial charge < -0.3 is 10.6 Å². The highest BCUT2D eigenvalue weighted by atomic mass is 32.2. The van der Waals surface area contributed by atoms with Crippen molar-refractivity contribution in [3.63, 3.8) is 0 Å². The molecule has 2 nitrogen and oxygen atoms in total. The van der Waals surface area contributed by atoms with Crippen molar-refractivity contribution in [2.75, 3.05) is 30.5 Å². The van der Waals surface area contributed by atoms with E-state index in [0.717, 1.165) is 17.9 Å². The summed E-state index contributed by atoms with van der Waals surface area (Å²) in [5.74, 6) is 0.828. The van der Waals surface area contributed by atoms with Crippen molar-refractivity contribution < 1.29 is 4.39 Å². The Balaban J connectivity index is 2.93. The van der Waals surface area contributed by atoms with Crippen molar-refractivity contribution in [1.82, 2.24) is 0 Å². The second kappa shape index (κ2) is 6.87. The molecule has 96 valence electrons. The molecule has 0 spiro atoms. The zero-order valence-corrected chi connectivity index (χ0v) is 11.6. The summed E-state index contributed by atoms with van der Waals surface area (Å²) in [5, 5.41) is 0. The minimum absolute atomic E-state index is 0.0458. The third-order valence-corrected chi connectivity index (χ3v) is 3.22. The van der Waals surface area contributed by atoms with Gasteiger partial charge in [0.2, 0.25) is 0 Å². The normalized spacial score (nSPS) is 12.5. The summed E-state index contributed by atoms with van der Waals surface area (Å²) >= 11 is 1.76. The molecule has 1 rings (SSSR count). The van der Waals surface area contributed by atoms with Gasteiger partial charge in [0.1, 0.15) is 5.82 Å². The Morgan fingerprint density at radius 3 is 2.76 bits per heavy atom. The van der Waals surface area contributed by atoms with Gasteiger partial charge in [-0.05, 0) is 31.2 Å². The van der Waals surface area contributed by atoms with E-state index in [0.29, 0.717) is 12.1 Å². The fourth-order valence-corrected chi connectivity index (χ4v) is 2.30. The molecule has 0 heterocycles. The van der Waals surface area contributed by atoms with Crippen LogP contribution in [0.5, 0.6) is 0 Å². The standard InChI is InChI=1S/C13H21FN2S/c1-10(15)9-11-5-4-6-12(14)13(11)16(2)7-8-17-3/h4-6,10H,7-9,15H2,1-3H3. The van der Waals surface area contributed by atoms with Gasteiger partial charge in [-0.25, -0.2) is 4.39 Å². The number of hydrogen-bond donors (Lipinski definition) is 1. The summed E-state index contributed by atoms with van der Waals surface area (Å²) in [6.45, 7) is 2.78. The van der Waals surface area contributed by atoms with Gasteiger partial charge in [0, 0.05) is 25.4 Å². The van der Waals surface area contributed by atoms with Gasteiger partial charge in [-0.15, -0.1) is 0 Å². The topological polar surface area (TPSA) is 29.3 Å². The van der Waals surface area contributed by atoms with Crippen LogP contribution in [0.25, 0.3) is 0 Å². The first kappa shape index (κ1) is 14.3. The molecule has 1 atom stereocenters. The van der Waals surface area contributed by atoms with Gasteiger partial charge in [-0.2, -0.15) is 11.8 Å². The Kier molecular flexibility index (Phi) is 5.78. The summed E-state index contributed by atoms with van der Waals surface area (Å²) in [7, 11) is 1.93. The molecule has 0 radical (unpaired) electrons. The molecule has 4 heteroatoms. The minimum atomic E-state index is -0.160. The number of nitrogens with two attached hydrogens (primary N) is 1. The Morgan fingerprint density at radius 1 is 1.47 bits per heavy atom. The zero-order valence-electron chi connectivity index (χ0n) is 10.7. The van der Waals surface area contributed by atoms with E-state index in [-0.39, 0.29) is 11.9 Å². The van der Waals surface area contributed by atoms with Crippen molar-refractivity contribution >= 4 is 17.4 Å². The number of rotatable bonds is 6. The molecular formula is C13H21FN2S. The molecule has 1 unspecified atom stereocenters. The van der Waals surface area contributed by atoms with Crippen molar-refractivity contribution in [2.24, 2.45) is 5.73 Å². The summed E-state index contributed by atoms with van der Waals surface area (Å²) in [5.41, 5.74) is 7.48. The molecule has 0 aliphatic carbocycles. The van der Waals surface area contributed by atoms with E-state index in [1.807, 2.05) is 24.9 Å². The maximum absolute atomic E-state index is 13.9. The van der Waals surface area contributed by atoms with E-state index in [4.69, 9.17) is 5.73 Å². The van der Waals surface area contributed by atoms with Crippen LogP contribution in [0.1, 0.15) is 12.5 Å².